The molecule has 0 saturated heterocycles. The lowest BCUT2D eigenvalue weighted by Crippen LogP contribution is -2.30. The Morgan fingerprint density at radius 1 is 0.259 bits per heavy atom. The maximum absolute atomic E-state index is 12.9. The molecule has 0 heterocycles. The van der Waals surface area contributed by atoms with Crippen molar-refractivity contribution in [1.29, 1.82) is 0 Å². The number of hydrogen-bond acceptors (Lipinski definition) is 6. The number of ether oxygens (including phenoxy) is 3. The fourth-order valence-corrected chi connectivity index (χ4v) is 9.84. The Bertz CT molecular complexity index is 1580. The SMILES string of the molecule is CC/C=C\C/C=C\C/C=C\C/C=C\CCCCCCCCCCCCCCCCCCC(=O)OCC(COC(=O)CCCCCCC/C=C\CCCC)OC(=O)CCCCCCCCCC/C=C\C/C=C\C/C=C\CCCCCCC. The standard InChI is InChI=1S/C75H130O6/c1-4-7-10-13-16-19-22-24-26-28-30-32-34-35-36-37-38-39-41-42-44-46-48-50-53-56-59-62-65-68-74(77)80-71-72(70-79-73(76)67-64-61-58-55-52-21-18-15-12-9-6-3)81-75(78)69-66-63-60-57-54-51-49-47-45-43-40-33-31-29-27-25-23-20-17-14-11-8-5-2/h7,10,15-16,18-19,23-26,29-32,40,43,72H,4-6,8-9,11-14,17,20-22,27-28,33-39,41-42,44-71H2,1-3H3/b10-7-,18-15-,19-16-,25-23-,26-24-,31-29-,32-30-,43-40-. The highest BCUT2D eigenvalue weighted by Gasteiger charge is 2.19. The van der Waals surface area contributed by atoms with Gasteiger partial charge >= 0.3 is 17.9 Å². The van der Waals surface area contributed by atoms with Crippen LogP contribution < -0.4 is 0 Å². The number of hydrogen-bond donors (Lipinski definition) is 0. The van der Waals surface area contributed by atoms with Crippen molar-refractivity contribution in [3.63, 3.8) is 0 Å². The first-order valence-electron chi connectivity index (χ1n) is 34.7. The third kappa shape index (κ3) is 67.0. The van der Waals surface area contributed by atoms with Gasteiger partial charge in [0, 0.05) is 19.3 Å². The van der Waals surface area contributed by atoms with Gasteiger partial charge in [0.15, 0.2) is 6.10 Å². The smallest absolute Gasteiger partial charge is 0.306 e. The minimum Gasteiger partial charge on any atom is -0.462 e. The largest absolute Gasteiger partial charge is 0.462 e. The summed E-state index contributed by atoms with van der Waals surface area (Å²) < 4.78 is 16.9. The van der Waals surface area contributed by atoms with Crippen LogP contribution in [0.15, 0.2) is 97.2 Å². The third-order valence-corrected chi connectivity index (χ3v) is 15.0. The molecule has 0 rings (SSSR count). The average molecular weight is 1130 g/mol. The second-order valence-electron chi connectivity index (χ2n) is 23.1. The number of esters is 3. The van der Waals surface area contributed by atoms with E-state index in [2.05, 4.69) is 118 Å². The first-order chi connectivity index (χ1) is 40.0. The van der Waals surface area contributed by atoms with E-state index in [9.17, 15) is 14.4 Å². The molecular weight excluding hydrogens is 997 g/mol. The van der Waals surface area contributed by atoms with E-state index in [4.69, 9.17) is 14.2 Å². The molecule has 0 amide bonds. The Balaban J connectivity index is 4.22. The van der Waals surface area contributed by atoms with E-state index in [1.807, 2.05) is 0 Å². The summed E-state index contributed by atoms with van der Waals surface area (Å²) in [5.74, 6) is -0.885. The molecular formula is C75H130O6. The van der Waals surface area contributed by atoms with Crippen molar-refractivity contribution in [1.82, 2.24) is 0 Å². The normalized spacial score (nSPS) is 12.7. The molecule has 0 saturated carbocycles. The molecule has 6 nitrogen and oxygen atoms in total. The van der Waals surface area contributed by atoms with Gasteiger partial charge in [-0.25, -0.2) is 0 Å². The topological polar surface area (TPSA) is 78.9 Å². The number of allylic oxidation sites excluding steroid dienone is 16. The summed E-state index contributed by atoms with van der Waals surface area (Å²) in [6.07, 6.45) is 92.9. The van der Waals surface area contributed by atoms with Crippen LogP contribution in [0.25, 0.3) is 0 Å². The summed E-state index contributed by atoms with van der Waals surface area (Å²) in [5, 5.41) is 0. The Labute approximate surface area is 502 Å². The molecule has 0 aliphatic rings. The fraction of sp³-hybridized carbons (Fsp3) is 0.747. The number of carbonyl (C=O) groups excluding carboxylic acids is 3. The van der Waals surface area contributed by atoms with Crippen molar-refractivity contribution in [3.05, 3.63) is 97.2 Å². The highest BCUT2D eigenvalue weighted by atomic mass is 16.6. The zero-order valence-corrected chi connectivity index (χ0v) is 53.5. The van der Waals surface area contributed by atoms with E-state index < -0.39 is 6.10 Å². The second kappa shape index (κ2) is 68.8. The third-order valence-electron chi connectivity index (χ3n) is 15.0. The minimum atomic E-state index is -0.785. The first kappa shape index (κ1) is 77.3. The van der Waals surface area contributed by atoms with E-state index in [1.54, 1.807) is 0 Å². The van der Waals surface area contributed by atoms with E-state index in [1.165, 1.54) is 193 Å². The Hall–Kier alpha value is -3.67. The minimum absolute atomic E-state index is 0.0808. The van der Waals surface area contributed by atoms with Crippen molar-refractivity contribution in [3.8, 4) is 0 Å². The summed E-state index contributed by atoms with van der Waals surface area (Å²) in [6, 6.07) is 0. The van der Waals surface area contributed by atoms with Gasteiger partial charge in [-0.1, -0.05) is 304 Å². The number of rotatable bonds is 63. The maximum Gasteiger partial charge on any atom is 0.306 e. The van der Waals surface area contributed by atoms with Gasteiger partial charge in [0.25, 0.3) is 0 Å². The molecule has 0 aliphatic heterocycles. The summed E-state index contributed by atoms with van der Waals surface area (Å²) in [4.78, 5) is 38.4. The highest BCUT2D eigenvalue weighted by Crippen LogP contribution is 2.17. The summed E-state index contributed by atoms with van der Waals surface area (Å²) in [5.41, 5.74) is 0. The van der Waals surface area contributed by atoms with Crippen molar-refractivity contribution in [2.24, 2.45) is 0 Å². The molecule has 0 N–H and O–H groups in total. The van der Waals surface area contributed by atoms with E-state index in [-0.39, 0.29) is 31.1 Å². The second-order valence-corrected chi connectivity index (χ2v) is 23.1. The molecule has 0 aliphatic carbocycles. The molecule has 81 heavy (non-hydrogen) atoms. The van der Waals surface area contributed by atoms with Crippen molar-refractivity contribution in [2.45, 2.75) is 348 Å². The first-order valence-corrected chi connectivity index (χ1v) is 34.7. The van der Waals surface area contributed by atoms with E-state index >= 15 is 0 Å². The number of unbranched alkanes of at least 4 members (excludes halogenated alkanes) is 36. The van der Waals surface area contributed by atoms with Crippen LogP contribution in [0.5, 0.6) is 0 Å². The predicted molar refractivity (Wildman–Crippen MR) is 353 cm³/mol. The molecule has 0 aromatic rings. The predicted octanol–water partition coefficient (Wildman–Crippen LogP) is 24.0. The quantitative estimate of drug-likeness (QED) is 0.0261. The maximum atomic E-state index is 12.9. The van der Waals surface area contributed by atoms with Crippen LogP contribution in [-0.2, 0) is 28.6 Å². The van der Waals surface area contributed by atoms with Crippen LogP contribution in [0.4, 0.5) is 0 Å². The molecule has 466 valence electrons. The van der Waals surface area contributed by atoms with Crippen LogP contribution >= 0.6 is 0 Å². The van der Waals surface area contributed by atoms with Crippen LogP contribution in [-0.4, -0.2) is 37.2 Å². The Morgan fingerprint density at radius 2 is 0.494 bits per heavy atom. The van der Waals surface area contributed by atoms with Crippen LogP contribution in [0.2, 0.25) is 0 Å². The molecule has 6 heteroatoms. The molecule has 0 spiro atoms. The Kier molecular flexibility index (Phi) is 65.7. The van der Waals surface area contributed by atoms with E-state index in [0.717, 1.165) is 109 Å². The summed E-state index contributed by atoms with van der Waals surface area (Å²) >= 11 is 0. The van der Waals surface area contributed by atoms with Crippen LogP contribution in [0.3, 0.4) is 0 Å². The van der Waals surface area contributed by atoms with Crippen molar-refractivity contribution < 1.29 is 28.6 Å². The molecule has 1 unspecified atom stereocenters. The van der Waals surface area contributed by atoms with Gasteiger partial charge in [-0.15, -0.1) is 0 Å². The molecule has 0 radical (unpaired) electrons. The number of carbonyl (C=O) groups is 3. The van der Waals surface area contributed by atoms with Gasteiger partial charge in [-0.2, -0.15) is 0 Å². The lowest BCUT2D eigenvalue weighted by Gasteiger charge is -2.18. The van der Waals surface area contributed by atoms with E-state index in [0.29, 0.717) is 19.3 Å². The van der Waals surface area contributed by atoms with Crippen molar-refractivity contribution in [2.75, 3.05) is 13.2 Å². The summed E-state index contributed by atoms with van der Waals surface area (Å²) in [6.45, 7) is 6.50. The lowest BCUT2D eigenvalue weighted by molar-refractivity contribution is -0.167. The molecule has 0 fully saturated rings. The average Bonchev–Trinajstić information content (AvgIpc) is 3.47. The van der Waals surface area contributed by atoms with Gasteiger partial charge < -0.3 is 14.2 Å². The lowest BCUT2D eigenvalue weighted by atomic mass is 10.0. The van der Waals surface area contributed by atoms with Gasteiger partial charge in [-0.05, 0) is 116 Å². The monoisotopic (exact) mass is 1130 g/mol. The van der Waals surface area contributed by atoms with Crippen molar-refractivity contribution >= 4 is 17.9 Å². The van der Waals surface area contributed by atoms with Gasteiger partial charge in [0.2, 0.25) is 0 Å². The van der Waals surface area contributed by atoms with Gasteiger partial charge in [0.05, 0.1) is 0 Å². The molecule has 1 atom stereocenters. The van der Waals surface area contributed by atoms with Crippen LogP contribution in [0, 0.1) is 0 Å². The zero-order chi connectivity index (χ0) is 58.5. The zero-order valence-electron chi connectivity index (χ0n) is 53.5. The van der Waals surface area contributed by atoms with Crippen LogP contribution in [0.1, 0.15) is 342 Å². The summed E-state index contributed by atoms with van der Waals surface area (Å²) in [7, 11) is 0. The molecule has 0 aromatic heterocycles. The fourth-order valence-electron chi connectivity index (χ4n) is 9.84. The van der Waals surface area contributed by atoms with Gasteiger partial charge in [0.1, 0.15) is 13.2 Å². The molecule has 0 aromatic carbocycles. The highest BCUT2D eigenvalue weighted by molar-refractivity contribution is 5.71. The Morgan fingerprint density at radius 3 is 0.802 bits per heavy atom. The van der Waals surface area contributed by atoms with Gasteiger partial charge in [-0.3, -0.25) is 14.4 Å². The molecule has 0 bridgehead atoms.